The van der Waals surface area contributed by atoms with Crippen molar-refractivity contribution in [3.05, 3.63) is 34.9 Å². The highest BCUT2D eigenvalue weighted by Gasteiger charge is 2.67. The van der Waals surface area contributed by atoms with Crippen LogP contribution >= 0.6 is 11.6 Å². The Labute approximate surface area is 239 Å². The number of hydrogen-bond donors (Lipinski definition) is 2. The predicted molar refractivity (Wildman–Crippen MR) is 148 cm³/mol. The third-order valence-electron chi connectivity index (χ3n) is 9.38. The molecule has 7 nitrogen and oxygen atoms in total. The van der Waals surface area contributed by atoms with Crippen LogP contribution < -0.4 is 10.6 Å². The number of aliphatic imine (C=N–C) groups is 1. The summed E-state index contributed by atoms with van der Waals surface area (Å²) >= 11 is 6.08. The molecule has 3 saturated carbocycles. The summed E-state index contributed by atoms with van der Waals surface area (Å²) < 4.78 is 67.5. The van der Waals surface area contributed by atoms with Gasteiger partial charge in [0.2, 0.25) is 15.9 Å². The van der Waals surface area contributed by atoms with E-state index in [2.05, 4.69) is 10.6 Å². The molecule has 3 aliphatic carbocycles. The molecular weight excluding hydrogens is 565 g/mol. The lowest BCUT2D eigenvalue weighted by molar-refractivity contribution is -0.136. The van der Waals surface area contributed by atoms with Crippen LogP contribution in [-0.2, 0) is 21.4 Å². The number of amides is 1. The van der Waals surface area contributed by atoms with Gasteiger partial charge in [-0.25, -0.2) is 8.42 Å². The van der Waals surface area contributed by atoms with Gasteiger partial charge in [0.1, 0.15) is 5.84 Å². The third-order valence-corrected chi connectivity index (χ3v) is 12.0. The van der Waals surface area contributed by atoms with Crippen LogP contribution in [-0.4, -0.2) is 60.1 Å². The average Bonchev–Trinajstić information content (AvgIpc) is 3.19. The monoisotopic (exact) mass is 602 g/mol. The van der Waals surface area contributed by atoms with Gasteiger partial charge in [0.15, 0.2) is 6.04 Å². The number of carbonyl (C=O) groups excluding carboxylic acids is 1. The van der Waals surface area contributed by atoms with E-state index in [-0.39, 0.29) is 29.2 Å². The van der Waals surface area contributed by atoms with Crippen LogP contribution in [0.1, 0.15) is 77.2 Å². The van der Waals surface area contributed by atoms with Crippen LogP contribution in [0.25, 0.3) is 0 Å². The average molecular weight is 603 g/mol. The number of rotatable bonds is 9. The molecule has 1 aromatic carbocycles. The van der Waals surface area contributed by atoms with E-state index >= 15 is 0 Å². The minimum atomic E-state index is -4.35. The van der Waals surface area contributed by atoms with Crippen molar-refractivity contribution in [3.8, 4) is 0 Å². The first-order valence-corrected chi connectivity index (χ1v) is 16.1. The number of halogens is 4. The van der Waals surface area contributed by atoms with Gasteiger partial charge in [-0.2, -0.15) is 17.5 Å². The highest BCUT2D eigenvalue weighted by molar-refractivity contribution is 7.89. The van der Waals surface area contributed by atoms with Crippen LogP contribution in [0.15, 0.2) is 29.3 Å². The Kier molecular flexibility index (Phi) is 7.98. The summed E-state index contributed by atoms with van der Waals surface area (Å²) in [6, 6.07) is 6.24. The maximum absolute atomic E-state index is 14.0. The third kappa shape index (κ3) is 5.62. The number of nitrogens with zero attached hydrogens (tertiary/aromatic N) is 2. The van der Waals surface area contributed by atoms with Crippen molar-refractivity contribution in [1.82, 2.24) is 14.9 Å². The maximum Gasteiger partial charge on any atom is 0.390 e. The Morgan fingerprint density at radius 3 is 2.40 bits per heavy atom. The first kappa shape index (κ1) is 29.6. The van der Waals surface area contributed by atoms with Crippen molar-refractivity contribution in [3.63, 3.8) is 0 Å². The van der Waals surface area contributed by atoms with Gasteiger partial charge in [-0.1, -0.05) is 43.0 Å². The molecule has 0 spiro atoms. The Balaban J connectivity index is 1.35. The molecule has 222 valence electrons. The van der Waals surface area contributed by atoms with Gasteiger partial charge in [0.25, 0.3) is 0 Å². The molecule has 4 aliphatic rings. The molecule has 5 rings (SSSR count). The Hall–Kier alpha value is -1.85. The normalized spacial score (nSPS) is 30.1. The fraction of sp³-hybridized carbons (Fsp3) is 0.714. The number of nitrogens with one attached hydrogen (secondary N) is 2. The van der Waals surface area contributed by atoms with Crippen LogP contribution in [0.4, 0.5) is 13.2 Å². The molecular formula is C28H38ClF3N4O3S. The number of alkyl halides is 3. The van der Waals surface area contributed by atoms with Crippen LogP contribution in [0.2, 0.25) is 5.02 Å². The molecule has 0 saturated heterocycles. The second-order valence-corrected chi connectivity index (χ2v) is 15.0. The van der Waals surface area contributed by atoms with E-state index in [0.29, 0.717) is 30.1 Å². The second-order valence-electron chi connectivity index (χ2n) is 12.4. The molecule has 1 heterocycles. The standard InChI is InChI=1S/C28H38ClF3N4O3S/c1-26(2)23(24(37)33-15-14-28(30,31)32)34-25(35-26)27-13-12-21(27)22(16-27)36(17-18-8-10-19(29)11-9-18)40(38,39)20-6-4-3-5-7-20/h8-11,20-23H,3-7,12-17H2,1-2H3,(H,33,37)(H,34,35)/t21?,22?,23-,27?/m0/s1. The van der Waals surface area contributed by atoms with E-state index in [1.54, 1.807) is 16.4 Å². The van der Waals surface area contributed by atoms with Crippen molar-refractivity contribution in [2.24, 2.45) is 16.3 Å². The first-order valence-electron chi connectivity index (χ1n) is 14.2. The van der Waals surface area contributed by atoms with Crippen molar-refractivity contribution < 1.29 is 26.4 Å². The molecule has 1 aliphatic heterocycles. The molecule has 1 amide bonds. The van der Waals surface area contributed by atoms with E-state index in [4.69, 9.17) is 16.6 Å². The fourth-order valence-corrected chi connectivity index (χ4v) is 9.37. The lowest BCUT2D eigenvalue weighted by Crippen LogP contribution is -2.70. The molecule has 1 aromatic rings. The molecule has 4 atom stereocenters. The van der Waals surface area contributed by atoms with Crippen molar-refractivity contribution in [2.45, 2.75) is 107 Å². The van der Waals surface area contributed by atoms with Crippen LogP contribution in [0.3, 0.4) is 0 Å². The highest BCUT2D eigenvalue weighted by atomic mass is 35.5. The first-order chi connectivity index (χ1) is 18.7. The van der Waals surface area contributed by atoms with Gasteiger partial charge < -0.3 is 10.6 Å². The topological polar surface area (TPSA) is 90.9 Å². The van der Waals surface area contributed by atoms with Gasteiger partial charge in [0, 0.05) is 29.6 Å². The fourth-order valence-electron chi connectivity index (χ4n) is 7.00. The molecule has 2 N–H and O–H groups in total. The summed E-state index contributed by atoms with van der Waals surface area (Å²) in [7, 11) is -3.55. The lowest BCUT2D eigenvalue weighted by Gasteiger charge is -2.65. The summed E-state index contributed by atoms with van der Waals surface area (Å²) in [4.78, 5) is 17.5. The molecule has 3 fully saturated rings. The number of hydrogen-bond acceptors (Lipinski definition) is 5. The van der Waals surface area contributed by atoms with E-state index in [9.17, 15) is 26.4 Å². The second kappa shape index (κ2) is 10.8. The number of sulfonamides is 1. The number of amidine groups is 1. The zero-order valence-electron chi connectivity index (χ0n) is 22.9. The molecule has 3 unspecified atom stereocenters. The van der Waals surface area contributed by atoms with Crippen LogP contribution in [0.5, 0.6) is 0 Å². The van der Waals surface area contributed by atoms with E-state index in [1.807, 2.05) is 26.0 Å². The summed E-state index contributed by atoms with van der Waals surface area (Å²) in [6.07, 6.45) is 1.08. The zero-order valence-corrected chi connectivity index (χ0v) is 24.5. The summed E-state index contributed by atoms with van der Waals surface area (Å²) in [5.74, 6) is 0.207. The summed E-state index contributed by atoms with van der Waals surface area (Å²) in [5, 5.41) is 5.99. The highest BCUT2D eigenvalue weighted by Crippen LogP contribution is 2.64. The maximum atomic E-state index is 14.0. The smallest absolute Gasteiger partial charge is 0.366 e. The number of fused-ring (bicyclic) bond motifs is 1. The van der Waals surface area contributed by atoms with Gasteiger partial charge in [-0.3, -0.25) is 9.79 Å². The Morgan fingerprint density at radius 2 is 1.82 bits per heavy atom. The lowest BCUT2D eigenvalue weighted by atomic mass is 9.44. The molecule has 0 radical (unpaired) electrons. The predicted octanol–water partition coefficient (Wildman–Crippen LogP) is 5.19. The van der Waals surface area contributed by atoms with Gasteiger partial charge in [-0.05, 0) is 69.6 Å². The van der Waals surface area contributed by atoms with E-state index < -0.39 is 46.7 Å². The van der Waals surface area contributed by atoms with Gasteiger partial charge in [0.05, 0.1) is 17.2 Å². The zero-order chi connectivity index (χ0) is 28.9. The largest absolute Gasteiger partial charge is 0.390 e. The van der Waals surface area contributed by atoms with Crippen molar-refractivity contribution >= 4 is 33.4 Å². The van der Waals surface area contributed by atoms with Crippen LogP contribution in [0, 0.1) is 11.3 Å². The molecule has 0 bridgehead atoms. The van der Waals surface area contributed by atoms with Gasteiger partial charge in [-0.15, -0.1) is 0 Å². The van der Waals surface area contributed by atoms with E-state index in [1.165, 1.54) is 0 Å². The quantitative estimate of drug-likeness (QED) is 0.407. The molecule has 12 heteroatoms. The van der Waals surface area contributed by atoms with Gasteiger partial charge >= 0.3 is 6.18 Å². The van der Waals surface area contributed by atoms with Crippen molar-refractivity contribution in [2.75, 3.05) is 6.54 Å². The Bertz CT molecular complexity index is 1250. The number of carbonyl (C=O) groups is 1. The molecule has 0 aromatic heterocycles. The minimum absolute atomic E-state index is 0.0623. The molecule has 40 heavy (non-hydrogen) atoms. The van der Waals surface area contributed by atoms with Crippen molar-refractivity contribution in [1.29, 1.82) is 0 Å². The summed E-state index contributed by atoms with van der Waals surface area (Å²) in [5.41, 5.74) is -0.230. The Morgan fingerprint density at radius 1 is 1.15 bits per heavy atom. The SMILES string of the molecule is CC1(C)NC(C23CCC2C(N(Cc2ccc(Cl)cc2)S(=O)(=O)C2CCCCC2)C3)=N[C@H]1C(=O)NCCC(F)(F)F. The number of benzene rings is 1. The summed E-state index contributed by atoms with van der Waals surface area (Å²) in [6.45, 7) is 3.42. The van der Waals surface area contributed by atoms with E-state index in [0.717, 1.165) is 37.7 Å². The minimum Gasteiger partial charge on any atom is -0.366 e.